The van der Waals surface area contributed by atoms with Crippen LogP contribution in [0.2, 0.25) is 0 Å². The van der Waals surface area contributed by atoms with Gasteiger partial charge in [-0.1, -0.05) is 12.1 Å². The molecule has 4 heteroatoms. The maximum absolute atomic E-state index is 13.2. The van der Waals surface area contributed by atoms with E-state index in [1.165, 1.54) is 12.1 Å². The van der Waals surface area contributed by atoms with E-state index < -0.39 is 17.1 Å². The number of carbonyl (C=O) groups is 1. The Morgan fingerprint density at radius 2 is 2.13 bits per heavy atom. The molecule has 15 heavy (non-hydrogen) atoms. The van der Waals surface area contributed by atoms with E-state index >= 15 is 0 Å². The predicted molar refractivity (Wildman–Crippen MR) is 52.3 cm³/mol. The van der Waals surface area contributed by atoms with Gasteiger partial charge in [0, 0.05) is 0 Å². The Morgan fingerprint density at radius 3 is 2.67 bits per heavy atom. The highest BCUT2D eigenvalue weighted by molar-refractivity contribution is 5.99. The third kappa shape index (κ3) is 1.68. The molecule has 0 unspecified atom stereocenters. The maximum atomic E-state index is 13.2. The van der Waals surface area contributed by atoms with Crippen LogP contribution >= 0.6 is 0 Å². The number of nitrogens with one attached hydrogen (secondary N) is 1. The summed E-state index contributed by atoms with van der Waals surface area (Å²) in [6.45, 7) is 0. The molecule has 1 N–H and O–H groups in total. The second-order valence-electron chi connectivity index (χ2n) is 3.63. The van der Waals surface area contributed by atoms with Crippen LogP contribution in [0.25, 0.3) is 0 Å². The van der Waals surface area contributed by atoms with Gasteiger partial charge in [-0.25, -0.2) is 4.39 Å². The highest BCUT2D eigenvalue weighted by Crippen LogP contribution is 2.45. The number of nitriles is 1. The van der Waals surface area contributed by atoms with Crippen molar-refractivity contribution in [2.24, 2.45) is 5.41 Å². The van der Waals surface area contributed by atoms with Crippen LogP contribution in [-0.2, 0) is 4.79 Å². The number of carbonyl (C=O) groups excluding carboxylic acids is 1. The summed E-state index contributed by atoms with van der Waals surface area (Å²) in [4.78, 5) is 11.6. The molecule has 3 nitrogen and oxygen atoms in total. The Bertz CT molecular complexity index is 446. The minimum absolute atomic E-state index is 0.129. The fourth-order valence-electron chi connectivity index (χ4n) is 1.32. The first-order valence-electron chi connectivity index (χ1n) is 4.65. The highest BCUT2D eigenvalue weighted by atomic mass is 19.1. The molecule has 1 aromatic rings. The smallest absolute Gasteiger partial charge is 0.244 e. The Hall–Kier alpha value is -1.89. The fourth-order valence-corrected chi connectivity index (χ4v) is 1.32. The number of hydrogen-bond acceptors (Lipinski definition) is 2. The van der Waals surface area contributed by atoms with Crippen LogP contribution < -0.4 is 5.32 Å². The maximum Gasteiger partial charge on any atom is 0.244 e. The minimum atomic E-state index is -0.914. The van der Waals surface area contributed by atoms with Crippen LogP contribution in [0, 0.1) is 22.6 Å². The highest BCUT2D eigenvalue weighted by Gasteiger charge is 2.50. The molecule has 0 aromatic heterocycles. The largest absolute Gasteiger partial charge is 0.322 e. The minimum Gasteiger partial charge on any atom is -0.322 e. The number of amides is 1. The lowest BCUT2D eigenvalue weighted by Crippen LogP contribution is -2.23. The lowest BCUT2D eigenvalue weighted by molar-refractivity contribution is -0.119. The third-order valence-electron chi connectivity index (χ3n) is 2.52. The molecule has 0 saturated heterocycles. The van der Waals surface area contributed by atoms with Crippen LogP contribution in [0.3, 0.4) is 0 Å². The molecular formula is C11H9FN2O. The second kappa shape index (κ2) is 3.35. The Balaban J connectivity index is 2.14. The molecular weight excluding hydrogens is 195 g/mol. The van der Waals surface area contributed by atoms with Gasteiger partial charge in [0.05, 0.1) is 11.8 Å². The van der Waals surface area contributed by atoms with Crippen LogP contribution in [0.4, 0.5) is 10.1 Å². The molecule has 1 aromatic carbocycles. The van der Waals surface area contributed by atoms with Crippen LogP contribution in [-0.4, -0.2) is 5.91 Å². The van der Waals surface area contributed by atoms with Crippen LogP contribution in [0.5, 0.6) is 0 Å². The van der Waals surface area contributed by atoms with Crippen LogP contribution in [0.1, 0.15) is 12.8 Å². The molecule has 1 aliphatic rings. The molecule has 1 aliphatic carbocycles. The number of nitrogens with zero attached hydrogens (tertiary/aromatic N) is 1. The molecule has 76 valence electrons. The van der Waals surface area contributed by atoms with Gasteiger partial charge in [0.1, 0.15) is 11.2 Å². The molecule has 0 spiro atoms. The zero-order chi connectivity index (χ0) is 10.9. The van der Waals surface area contributed by atoms with Crippen molar-refractivity contribution in [2.45, 2.75) is 12.8 Å². The Kier molecular flexibility index (Phi) is 2.16. The summed E-state index contributed by atoms with van der Waals surface area (Å²) < 4.78 is 13.2. The molecule has 0 heterocycles. The van der Waals surface area contributed by atoms with Gasteiger partial charge < -0.3 is 5.32 Å². The van der Waals surface area contributed by atoms with Crippen LogP contribution in [0.15, 0.2) is 24.3 Å². The Morgan fingerprint density at radius 1 is 1.47 bits per heavy atom. The molecule has 2 rings (SSSR count). The summed E-state index contributed by atoms with van der Waals surface area (Å²) >= 11 is 0. The lowest BCUT2D eigenvalue weighted by atomic mass is 10.1. The topological polar surface area (TPSA) is 52.9 Å². The number of benzene rings is 1. The van der Waals surface area contributed by atoms with Gasteiger partial charge in [0.25, 0.3) is 0 Å². The standard InChI is InChI=1S/C11H9FN2O/c12-8-3-1-2-4-9(8)14-10(15)11(7-13)5-6-11/h1-4H,5-6H2,(H,14,15). The quantitative estimate of drug-likeness (QED) is 0.801. The van der Waals surface area contributed by atoms with Crippen molar-refractivity contribution in [1.29, 1.82) is 5.26 Å². The van der Waals surface area contributed by atoms with Gasteiger partial charge in [-0.3, -0.25) is 4.79 Å². The lowest BCUT2D eigenvalue weighted by Gasteiger charge is -2.08. The van der Waals surface area contributed by atoms with E-state index in [2.05, 4.69) is 5.32 Å². The van der Waals surface area contributed by atoms with Gasteiger partial charge in [-0.2, -0.15) is 5.26 Å². The van der Waals surface area contributed by atoms with Crippen molar-refractivity contribution in [3.05, 3.63) is 30.1 Å². The van der Waals surface area contributed by atoms with Gasteiger partial charge in [-0.15, -0.1) is 0 Å². The zero-order valence-electron chi connectivity index (χ0n) is 7.96. The number of halogens is 1. The van der Waals surface area contributed by atoms with Gasteiger partial charge in [0.2, 0.25) is 5.91 Å². The summed E-state index contributed by atoms with van der Waals surface area (Å²) in [5, 5.41) is 11.2. The Labute approximate surface area is 86.5 Å². The SMILES string of the molecule is N#CC1(C(=O)Nc2ccccc2F)CC1. The van der Waals surface area contributed by atoms with Gasteiger partial charge in [0.15, 0.2) is 0 Å². The van der Waals surface area contributed by atoms with Crippen molar-refractivity contribution in [3.63, 3.8) is 0 Å². The van der Waals surface area contributed by atoms with E-state index in [0.717, 1.165) is 0 Å². The molecule has 1 fully saturated rings. The molecule has 0 radical (unpaired) electrons. The summed E-state index contributed by atoms with van der Waals surface area (Å²) in [6, 6.07) is 7.87. The van der Waals surface area contributed by atoms with E-state index in [9.17, 15) is 9.18 Å². The average Bonchev–Trinajstić information content (AvgIpc) is 3.02. The molecule has 0 bridgehead atoms. The summed E-state index contributed by atoms with van der Waals surface area (Å²) in [5.74, 6) is -0.894. The van der Waals surface area contributed by atoms with Crippen molar-refractivity contribution < 1.29 is 9.18 Å². The van der Waals surface area contributed by atoms with E-state index in [4.69, 9.17) is 5.26 Å². The van der Waals surface area contributed by atoms with E-state index in [1.54, 1.807) is 12.1 Å². The van der Waals surface area contributed by atoms with E-state index in [-0.39, 0.29) is 5.69 Å². The number of para-hydroxylation sites is 1. The van der Waals surface area contributed by atoms with Crippen molar-refractivity contribution in [2.75, 3.05) is 5.32 Å². The summed E-state index contributed by atoms with van der Waals surface area (Å²) in [5.41, 5.74) is -0.786. The monoisotopic (exact) mass is 204 g/mol. The first-order chi connectivity index (χ1) is 7.18. The second-order valence-corrected chi connectivity index (χ2v) is 3.63. The number of hydrogen-bond donors (Lipinski definition) is 1. The van der Waals surface area contributed by atoms with E-state index in [0.29, 0.717) is 12.8 Å². The predicted octanol–water partition coefficient (Wildman–Crippen LogP) is 2.07. The number of anilines is 1. The van der Waals surface area contributed by atoms with Crippen molar-refractivity contribution >= 4 is 11.6 Å². The molecule has 1 saturated carbocycles. The number of rotatable bonds is 2. The zero-order valence-corrected chi connectivity index (χ0v) is 7.96. The van der Waals surface area contributed by atoms with Gasteiger partial charge >= 0.3 is 0 Å². The summed E-state index contributed by atoms with van der Waals surface area (Å²) in [7, 11) is 0. The fraction of sp³-hybridized carbons (Fsp3) is 0.273. The normalized spacial score (nSPS) is 16.5. The van der Waals surface area contributed by atoms with E-state index in [1.807, 2.05) is 6.07 Å². The third-order valence-corrected chi connectivity index (χ3v) is 2.52. The first-order valence-corrected chi connectivity index (χ1v) is 4.65. The van der Waals surface area contributed by atoms with Crippen molar-refractivity contribution in [1.82, 2.24) is 0 Å². The van der Waals surface area contributed by atoms with Gasteiger partial charge in [-0.05, 0) is 25.0 Å². The first kappa shape index (κ1) is 9.66. The molecule has 1 amide bonds. The average molecular weight is 204 g/mol. The molecule has 0 aliphatic heterocycles. The summed E-state index contributed by atoms with van der Waals surface area (Å²) in [6.07, 6.45) is 1.12. The molecule has 0 atom stereocenters. The van der Waals surface area contributed by atoms with Crippen molar-refractivity contribution in [3.8, 4) is 6.07 Å².